The van der Waals surface area contributed by atoms with Crippen molar-refractivity contribution in [2.45, 2.75) is 64.5 Å². The first-order valence-electron chi connectivity index (χ1n) is 5.58. The highest BCUT2D eigenvalue weighted by atomic mass is 14.3. The fraction of sp³-hybridized carbons (Fsp3) is 0.833. The molecule has 0 amide bonds. The smallest absolute Gasteiger partial charge is 0.0856 e. The largest absolute Gasteiger partial charge is 0.120 e. The molecule has 1 rings (SSSR count). The van der Waals surface area contributed by atoms with Crippen molar-refractivity contribution in [3.63, 3.8) is 0 Å². The molecule has 0 aromatic heterocycles. The lowest BCUT2D eigenvalue weighted by Crippen LogP contribution is -1.80. The van der Waals surface area contributed by atoms with E-state index in [1.807, 2.05) is 0 Å². The molecule has 0 aromatic carbocycles. The fourth-order valence-corrected chi connectivity index (χ4v) is 1.93. The van der Waals surface area contributed by atoms with E-state index in [9.17, 15) is 0 Å². The third-order valence-electron chi connectivity index (χ3n) is 3.09. The molecule has 0 bridgehead atoms. The lowest BCUT2D eigenvalue weighted by molar-refractivity contribution is 0.686. The molecule has 0 spiro atoms. The van der Waals surface area contributed by atoms with Crippen LogP contribution in [0.5, 0.6) is 0 Å². The highest BCUT2D eigenvalue weighted by molar-refractivity contribution is 6.56. The zero-order valence-electron chi connectivity index (χ0n) is 9.56. The lowest BCUT2D eigenvalue weighted by atomic mass is 9.91. The van der Waals surface area contributed by atoms with Crippen LogP contribution in [-0.4, -0.2) is 7.28 Å². The molecule has 1 unspecified atom stereocenters. The second-order valence-corrected chi connectivity index (χ2v) is 4.97. The standard InChI is InChI=1S/C12H22B/c1-5-7-10(2)8-6-9-11-12(3,4)13-11/h8,11H,5-7,9H2,1-4H3. The maximum absolute atomic E-state index is 2.47. The van der Waals surface area contributed by atoms with Gasteiger partial charge in [0.25, 0.3) is 0 Å². The number of hydrogen-bond donors (Lipinski definition) is 0. The van der Waals surface area contributed by atoms with Gasteiger partial charge in [0.1, 0.15) is 7.28 Å². The van der Waals surface area contributed by atoms with Crippen LogP contribution in [0.25, 0.3) is 0 Å². The molecule has 1 aliphatic rings. The van der Waals surface area contributed by atoms with Gasteiger partial charge < -0.3 is 0 Å². The van der Waals surface area contributed by atoms with Gasteiger partial charge in [0.15, 0.2) is 0 Å². The molecular formula is C12H22B. The van der Waals surface area contributed by atoms with E-state index in [2.05, 4.69) is 41.1 Å². The van der Waals surface area contributed by atoms with Gasteiger partial charge >= 0.3 is 0 Å². The molecule has 1 heterocycles. The van der Waals surface area contributed by atoms with E-state index in [0.717, 1.165) is 5.82 Å². The molecule has 1 atom stereocenters. The zero-order valence-corrected chi connectivity index (χ0v) is 9.56. The highest BCUT2D eigenvalue weighted by Crippen LogP contribution is 2.58. The summed E-state index contributed by atoms with van der Waals surface area (Å²) < 4.78 is 0. The number of rotatable bonds is 5. The summed E-state index contributed by atoms with van der Waals surface area (Å²) in [6.07, 6.45) is 7.61. The highest BCUT2D eigenvalue weighted by Gasteiger charge is 2.45. The maximum Gasteiger partial charge on any atom is 0.120 e. The zero-order chi connectivity index (χ0) is 9.90. The number of hydrogen-bond acceptors (Lipinski definition) is 0. The summed E-state index contributed by atoms with van der Waals surface area (Å²) >= 11 is 0. The van der Waals surface area contributed by atoms with Crippen LogP contribution in [-0.2, 0) is 0 Å². The van der Waals surface area contributed by atoms with E-state index in [4.69, 9.17) is 0 Å². The Hall–Kier alpha value is -0.195. The van der Waals surface area contributed by atoms with E-state index in [-0.39, 0.29) is 0 Å². The van der Waals surface area contributed by atoms with Crippen LogP contribution in [0.15, 0.2) is 11.6 Å². The summed E-state index contributed by atoms with van der Waals surface area (Å²) in [6.45, 7) is 9.17. The molecule has 13 heavy (non-hydrogen) atoms. The summed E-state index contributed by atoms with van der Waals surface area (Å²) in [5.74, 6) is 0.887. The van der Waals surface area contributed by atoms with E-state index >= 15 is 0 Å². The van der Waals surface area contributed by atoms with E-state index in [1.165, 1.54) is 25.7 Å². The van der Waals surface area contributed by atoms with Crippen LogP contribution in [0.1, 0.15) is 53.4 Å². The SMILES string of the molecule is CCCC(C)=CCCC1[B]C1(C)C. The summed E-state index contributed by atoms with van der Waals surface area (Å²) in [6, 6.07) is 0. The molecule has 0 aromatic rings. The van der Waals surface area contributed by atoms with Crippen LogP contribution >= 0.6 is 0 Å². The van der Waals surface area contributed by atoms with Gasteiger partial charge in [0.2, 0.25) is 0 Å². The van der Waals surface area contributed by atoms with Crippen LogP contribution < -0.4 is 0 Å². The number of allylic oxidation sites excluding steroid dienone is 2. The average Bonchev–Trinajstić information content (AvgIpc) is 2.59. The lowest BCUT2D eigenvalue weighted by Gasteiger charge is -2.03. The molecule has 1 saturated heterocycles. The molecule has 0 N–H and O–H groups in total. The van der Waals surface area contributed by atoms with Gasteiger partial charge in [-0.3, -0.25) is 0 Å². The van der Waals surface area contributed by atoms with E-state index in [1.54, 1.807) is 5.57 Å². The Morgan fingerprint density at radius 3 is 2.54 bits per heavy atom. The Bertz CT molecular complexity index is 191. The molecule has 73 valence electrons. The summed E-state index contributed by atoms with van der Waals surface area (Å²) in [4.78, 5) is 0. The molecule has 0 aliphatic carbocycles. The Morgan fingerprint density at radius 1 is 1.46 bits per heavy atom. The van der Waals surface area contributed by atoms with Gasteiger partial charge in [-0.05, 0) is 19.8 Å². The van der Waals surface area contributed by atoms with Crippen molar-refractivity contribution in [2.75, 3.05) is 0 Å². The minimum atomic E-state index is 0.548. The Labute approximate surface area is 84.0 Å². The predicted octanol–water partition coefficient (Wildman–Crippen LogP) is 4.22. The summed E-state index contributed by atoms with van der Waals surface area (Å²) in [5, 5.41) is 0.548. The first kappa shape index (κ1) is 10.9. The van der Waals surface area contributed by atoms with Gasteiger partial charge in [-0.1, -0.05) is 56.4 Å². The minimum absolute atomic E-state index is 0.548. The predicted molar refractivity (Wildman–Crippen MR) is 61.4 cm³/mol. The van der Waals surface area contributed by atoms with Gasteiger partial charge in [-0.15, -0.1) is 0 Å². The minimum Gasteiger partial charge on any atom is -0.0856 e. The van der Waals surface area contributed by atoms with Crippen LogP contribution in [0.4, 0.5) is 0 Å². The third kappa shape index (κ3) is 3.58. The topological polar surface area (TPSA) is 0 Å². The van der Waals surface area contributed by atoms with Crippen molar-refractivity contribution in [1.29, 1.82) is 0 Å². The van der Waals surface area contributed by atoms with Gasteiger partial charge in [0, 0.05) is 0 Å². The fourth-order valence-electron chi connectivity index (χ4n) is 1.93. The summed E-state index contributed by atoms with van der Waals surface area (Å²) in [5.41, 5.74) is 1.57. The average molecular weight is 177 g/mol. The third-order valence-corrected chi connectivity index (χ3v) is 3.09. The second kappa shape index (κ2) is 4.35. The molecule has 1 fully saturated rings. The van der Waals surface area contributed by atoms with Gasteiger partial charge in [0.05, 0.1) is 0 Å². The van der Waals surface area contributed by atoms with Crippen LogP contribution in [0.3, 0.4) is 0 Å². The molecule has 0 nitrogen and oxygen atoms in total. The molecule has 1 radical (unpaired) electrons. The van der Waals surface area contributed by atoms with Crippen molar-refractivity contribution in [3.8, 4) is 0 Å². The Morgan fingerprint density at radius 2 is 2.08 bits per heavy atom. The summed E-state index contributed by atoms with van der Waals surface area (Å²) in [7, 11) is 2.47. The van der Waals surface area contributed by atoms with Crippen molar-refractivity contribution < 1.29 is 0 Å². The van der Waals surface area contributed by atoms with Gasteiger partial charge in [-0.2, -0.15) is 0 Å². The first-order chi connectivity index (χ1) is 6.06. The first-order valence-corrected chi connectivity index (χ1v) is 5.58. The van der Waals surface area contributed by atoms with Crippen LogP contribution in [0, 0.1) is 0 Å². The molecule has 1 aliphatic heterocycles. The van der Waals surface area contributed by atoms with Crippen molar-refractivity contribution in [1.82, 2.24) is 0 Å². The quantitative estimate of drug-likeness (QED) is 0.435. The van der Waals surface area contributed by atoms with Crippen molar-refractivity contribution in [3.05, 3.63) is 11.6 Å². The Kier molecular flexibility index (Phi) is 3.64. The van der Waals surface area contributed by atoms with Gasteiger partial charge in [-0.25, -0.2) is 0 Å². The van der Waals surface area contributed by atoms with E-state index < -0.39 is 0 Å². The van der Waals surface area contributed by atoms with E-state index in [0.29, 0.717) is 5.31 Å². The normalized spacial score (nSPS) is 25.5. The monoisotopic (exact) mass is 177 g/mol. The molecular weight excluding hydrogens is 155 g/mol. The molecule has 1 heteroatoms. The maximum atomic E-state index is 2.47. The Balaban J connectivity index is 2.11. The van der Waals surface area contributed by atoms with Crippen molar-refractivity contribution >= 4 is 7.28 Å². The second-order valence-electron chi connectivity index (χ2n) is 4.97. The molecule has 0 saturated carbocycles. The van der Waals surface area contributed by atoms with Crippen molar-refractivity contribution in [2.24, 2.45) is 0 Å². The van der Waals surface area contributed by atoms with Crippen LogP contribution in [0.2, 0.25) is 11.1 Å².